The van der Waals surface area contributed by atoms with E-state index in [9.17, 15) is 9.59 Å². The van der Waals surface area contributed by atoms with Crippen LogP contribution < -0.4 is 10.6 Å². The van der Waals surface area contributed by atoms with Crippen LogP contribution in [-0.4, -0.2) is 31.1 Å². The number of ether oxygens (including phenoxy) is 1. The van der Waals surface area contributed by atoms with E-state index in [2.05, 4.69) is 26.6 Å². The first-order valence-corrected chi connectivity index (χ1v) is 7.45. The molecule has 1 atom stereocenters. The van der Waals surface area contributed by atoms with Gasteiger partial charge in [-0.1, -0.05) is 0 Å². The third-order valence-corrected chi connectivity index (χ3v) is 4.23. The van der Waals surface area contributed by atoms with Crippen LogP contribution in [0.3, 0.4) is 0 Å². The van der Waals surface area contributed by atoms with Gasteiger partial charge in [-0.2, -0.15) is 0 Å². The van der Waals surface area contributed by atoms with Gasteiger partial charge in [0, 0.05) is 23.3 Å². The highest BCUT2D eigenvalue weighted by Gasteiger charge is 2.22. The van der Waals surface area contributed by atoms with Gasteiger partial charge in [0.25, 0.3) is 5.91 Å². The molecule has 0 bridgehead atoms. The molecule has 2 amide bonds. The molecule has 1 fully saturated rings. The summed E-state index contributed by atoms with van der Waals surface area (Å²) in [5.41, 5.74) is 2.19. The Bertz CT molecular complexity index is 568. The fourth-order valence-corrected chi connectivity index (χ4v) is 3.05. The van der Waals surface area contributed by atoms with Crippen LogP contribution in [-0.2, 0) is 16.0 Å². The molecule has 3 rings (SSSR count). The van der Waals surface area contributed by atoms with E-state index in [-0.39, 0.29) is 17.9 Å². The summed E-state index contributed by atoms with van der Waals surface area (Å²) in [5.74, 6) is -0.182. The van der Waals surface area contributed by atoms with Crippen molar-refractivity contribution in [2.45, 2.75) is 25.4 Å². The molecular weight excluding hydrogens is 324 g/mol. The number of nitrogens with one attached hydrogen (secondary N) is 2. The highest BCUT2D eigenvalue weighted by Crippen LogP contribution is 2.30. The first-order valence-electron chi connectivity index (χ1n) is 6.65. The molecule has 1 saturated heterocycles. The fourth-order valence-electron chi connectivity index (χ4n) is 2.53. The molecule has 106 valence electrons. The quantitative estimate of drug-likeness (QED) is 0.883. The van der Waals surface area contributed by atoms with Crippen LogP contribution in [0.1, 0.15) is 28.8 Å². The number of anilines is 1. The zero-order valence-corrected chi connectivity index (χ0v) is 12.5. The Morgan fingerprint density at radius 3 is 3.10 bits per heavy atom. The van der Waals surface area contributed by atoms with Crippen molar-refractivity contribution in [3.8, 4) is 0 Å². The Morgan fingerprint density at radius 1 is 1.50 bits per heavy atom. The molecule has 0 spiro atoms. The van der Waals surface area contributed by atoms with E-state index in [1.165, 1.54) is 0 Å². The van der Waals surface area contributed by atoms with Gasteiger partial charge in [0.2, 0.25) is 5.91 Å². The maximum Gasteiger partial charge on any atom is 0.252 e. The number of hydrogen-bond donors (Lipinski definition) is 2. The number of carbonyl (C=O) groups is 2. The van der Waals surface area contributed by atoms with Gasteiger partial charge in [-0.15, -0.1) is 0 Å². The molecule has 0 aromatic heterocycles. The predicted octanol–water partition coefficient (Wildman–Crippen LogP) is 1.85. The normalized spacial score (nSPS) is 20.6. The molecule has 1 aromatic rings. The number of carbonyl (C=O) groups excluding carboxylic acids is 2. The molecule has 1 unspecified atom stereocenters. The molecule has 2 aliphatic heterocycles. The lowest BCUT2D eigenvalue weighted by molar-refractivity contribution is -0.115. The van der Waals surface area contributed by atoms with Gasteiger partial charge in [-0.05, 0) is 46.5 Å². The van der Waals surface area contributed by atoms with Gasteiger partial charge < -0.3 is 15.4 Å². The van der Waals surface area contributed by atoms with Gasteiger partial charge in [-0.25, -0.2) is 0 Å². The minimum atomic E-state index is -0.144. The summed E-state index contributed by atoms with van der Waals surface area (Å²) in [5, 5.41) is 5.65. The minimum absolute atomic E-state index is 0.0381. The van der Waals surface area contributed by atoms with Crippen LogP contribution in [0.2, 0.25) is 0 Å². The molecule has 2 heterocycles. The number of rotatable bonds is 3. The van der Waals surface area contributed by atoms with Crippen LogP contribution in [0, 0.1) is 0 Å². The van der Waals surface area contributed by atoms with Crippen molar-refractivity contribution >= 4 is 33.4 Å². The number of benzene rings is 1. The van der Waals surface area contributed by atoms with Crippen molar-refractivity contribution in [3.05, 3.63) is 27.7 Å². The number of fused-ring (bicyclic) bond motifs is 1. The largest absolute Gasteiger partial charge is 0.376 e. The van der Waals surface area contributed by atoms with E-state index in [1.807, 2.05) is 0 Å². The second-order valence-corrected chi connectivity index (χ2v) is 5.91. The first kappa shape index (κ1) is 13.6. The van der Waals surface area contributed by atoms with Crippen LogP contribution in [0.4, 0.5) is 5.69 Å². The lowest BCUT2D eigenvalue weighted by Gasteiger charge is -2.12. The predicted molar refractivity (Wildman–Crippen MR) is 77.8 cm³/mol. The molecule has 2 aliphatic rings. The average molecular weight is 339 g/mol. The van der Waals surface area contributed by atoms with E-state index in [0.717, 1.165) is 30.7 Å². The summed E-state index contributed by atoms with van der Waals surface area (Å²) in [4.78, 5) is 23.6. The second kappa shape index (κ2) is 5.54. The van der Waals surface area contributed by atoms with Gasteiger partial charge in [0.15, 0.2) is 0 Å². The molecule has 6 heteroatoms. The minimum Gasteiger partial charge on any atom is -0.376 e. The molecular formula is C14H15BrN2O3. The van der Waals surface area contributed by atoms with Crippen molar-refractivity contribution in [2.75, 3.05) is 18.5 Å². The van der Waals surface area contributed by atoms with Crippen LogP contribution in [0.15, 0.2) is 16.6 Å². The molecule has 0 radical (unpaired) electrons. The lowest BCUT2D eigenvalue weighted by atomic mass is 10.1. The van der Waals surface area contributed by atoms with Crippen LogP contribution >= 0.6 is 15.9 Å². The SMILES string of the molecule is O=C1Cc2cc(C(=O)NCC3CCCO3)c(Br)cc2N1. The summed E-state index contributed by atoms with van der Waals surface area (Å²) >= 11 is 3.38. The van der Waals surface area contributed by atoms with Crippen molar-refractivity contribution < 1.29 is 14.3 Å². The summed E-state index contributed by atoms with van der Waals surface area (Å²) in [7, 11) is 0. The standard InChI is InChI=1S/C14H15BrN2O3/c15-11-6-12-8(5-13(18)17-12)4-10(11)14(19)16-7-9-2-1-3-20-9/h4,6,9H,1-3,5,7H2,(H,16,19)(H,17,18). The Hall–Kier alpha value is -1.40. The Morgan fingerprint density at radius 2 is 2.35 bits per heavy atom. The van der Waals surface area contributed by atoms with E-state index in [0.29, 0.717) is 23.0 Å². The number of halogens is 1. The average Bonchev–Trinajstić information content (AvgIpc) is 3.03. The van der Waals surface area contributed by atoms with Gasteiger partial charge in [0.1, 0.15) is 0 Å². The van der Waals surface area contributed by atoms with E-state index in [4.69, 9.17) is 4.74 Å². The number of amides is 2. The van der Waals surface area contributed by atoms with Gasteiger partial charge >= 0.3 is 0 Å². The van der Waals surface area contributed by atoms with Crippen LogP contribution in [0.5, 0.6) is 0 Å². The van der Waals surface area contributed by atoms with Crippen molar-refractivity contribution in [2.24, 2.45) is 0 Å². The first-order chi connectivity index (χ1) is 9.63. The van der Waals surface area contributed by atoms with Crippen LogP contribution in [0.25, 0.3) is 0 Å². The molecule has 20 heavy (non-hydrogen) atoms. The highest BCUT2D eigenvalue weighted by molar-refractivity contribution is 9.10. The molecule has 0 aliphatic carbocycles. The fraction of sp³-hybridized carbons (Fsp3) is 0.429. The zero-order valence-electron chi connectivity index (χ0n) is 10.9. The summed E-state index contributed by atoms with van der Waals surface area (Å²) in [6.07, 6.45) is 2.49. The van der Waals surface area contributed by atoms with E-state index >= 15 is 0 Å². The second-order valence-electron chi connectivity index (χ2n) is 5.06. The Kier molecular flexibility index (Phi) is 3.76. The monoisotopic (exact) mass is 338 g/mol. The topological polar surface area (TPSA) is 67.4 Å². The Balaban J connectivity index is 1.71. The third kappa shape index (κ3) is 2.71. The highest BCUT2D eigenvalue weighted by atomic mass is 79.9. The van der Waals surface area contributed by atoms with Gasteiger partial charge in [-0.3, -0.25) is 9.59 Å². The smallest absolute Gasteiger partial charge is 0.252 e. The molecule has 2 N–H and O–H groups in total. The van der Waals surface area contributed by atoms with Crippen molar-refractivity contribution in [1.29, 1.82) is 0 Å². The van der Waals surface area contributed by atoms with Crippen molar-refractivity contribution in [1.82, 2.24) is 5.32 Å². The molecule has 1 aromatic carbocycles. The van der Waals surface area contributed by atoms with E-state index in [1.54, 1.807) is 12.1 Å². The number of hydrogen-bond acceptors (Lipinski definition) is 3. The third-order valence-electron chi connectivity index (χ3n) is 3.58. The lowest BCUT2D eigenvalue weighted by Crippen LogP contribution is -2.32. The Labute approximate surface area is 125 Å². The summed E-state index contributed by atoms with van der Waals surface area (Å²) < 4.78 is 6.16. The maximum atomic E-state index is 12.2. The summed E-state index contributed by atoms with van der Waals surface area (Å²) in [6.45, 7) is 1.30. The molecule has 0 saturated carbocycles. The maximum absolute atomic E-state index is 12.2. The van der Waals surface area contributed by atoms with Crippen molar-refractivity contribution in [3.63, 3.8) is 0 Å². The van der Waals surface area contributed by atoms with E-state index < -0.39 is 0 Å². The summed E-state index contributed by atoms with van der Waals surface area (Å²) in [6, 6.07) is 3.55. The molecule has 5 nitrogen and oxygen atoms in total. The van der Waals surface area contributed by atoms with Gasteiger partial charge in [0.05, 0.1) is 18.1 Å². The zero-order chi connectivity index (χ0) is 14.1.